The molecular weight excluding hydrogens is 466 g/mol. The maximum absolute atomic E-state index is 12.0. The molecule has 0 aromatic heterocycles. The van der Waals surface area contributed by atoms with Gasteiger partial charge in [0.2, 0.25) is 0 Å². The quantitative estimate of drug-likeness (QED) is 0.234. The zero-order valence-electron chi connectivity index (χ0n) is 18.5. The molecule has 1 amide bonds. The third-order valence-electron chi connectivity index (χ3n) is 5.27. The molecule has 0 aliphatic carbocycles. The summed E-state index contributed by atoms with van der Waals surface area (Å²) in [5, 5.41) is 22.2. The molecule has 1 aliphatic rings. The van der Waals surface area contributed by atoms with E-state index in [9.17, 15) is 29.8 Å². The van der Waals surface area contributed by atoms with Gasteiger partial charge >= 0.3 is 6.16 Å². The number of nitro benzene ring substituents is 2. The van der Waals surface area contributed by atoms with Crippen molar-refractivity contribution in [2.24, 2.45) is 5.90 Å². The number of hydrogen-bond acceptors (Lipinski definition) is 11. The summed E-state index contributed by atoms with van der Waals surface area (Å²) in [5.41, 5.74) is 0.726. The van der Waals surface area contributed by atoms with Gasteiger partial charge in [-0.25, -0.2) is 10.7 Å². The molecule has 1 saturated heterocycles. The topological polar surface area (TPSA) is 181 Å². The van der Waals surface area contributed by atoms with Gasteiger partial charge in [0.15, 0.2) is 0 Å². The van der Waals surface area contributed by atoms with Crippen LogP contribution in [0.5, 0.6) is 5.75 Å². The number of ether oxygens (including phenoxy) is 2. The van der Waals surface area contributed by atoms with E-state index in [-0.39, 0.29) is 42.8 Å². The van der Waals surface area contributed by atoms with E-state index in [1.807, 2.05) is 4.90 Å². The van der Waals surface area contributed by atoms with Gasteiger partial charge in [-0.15, -0.1) is 0 Å². The molecule has 2 aromatic rings. The Labute approximate surface area is 199 Å². The first-order valence-corrected chi connectivity index (χ1v) is 10.4. The molecule has 14 nitrogen and oxygen atoms in total. The summed E-state index contributed by atoms with van der Waals surface area (Å²) in [6.07, 6.45) is -1.03. The highest BCUT2D eigenvalue weighted by molar-refractivity contribution is 5.77. The Morgan fingerprint density at radius 3 is 2.26 bits per heavy atom. The van der Waals surface area contributed by atoms with Gasteiger partial charge in [-0.3, -0.25) is 34.8 Å². The molecule has 2 N–H and O–H groups in total. The second kappa shape index (κ2) is 11.8. The van der Waals surface area contributed by atoms with Crippen molar-refractivity contribution >= 4 is 23.4 Å². The molecule has 0 unspecified atom stereocenters. The minimum Gasteiger partial charge on any atom is -0.429 e. The molecule has 0 bridgehead atoms. The molecule has 1 fully saturated rings. The summed E-state index contributed by atoms with van der Waals surface area (Å²) in [6, 6.07) is 9.30. The van der Waals surface area contributed by atoms with Crippen molar-refractivity contribution in [2.45, 2.75) is 13.2 Å². The van der Waals surface area contributed by atoms with E-state index < -0.39 is 16.0 Å². The van der Waals surface area contributed by atoms with Crippen LogP contribution in [0, 0.1) is 20.2 Å². The van der Waals surface area contributed by atoms with E-state index in [1.165, 1.54) is 36.4 Å². The lowest BCUT2D eigenvalue weighted by atomic mass is 10.1. The van der Waals surface area contributed by atoms with Crippen molar-refractivity contribution in [3.8, 4) is 5.75 Å². The number of carbonyl (C=O) groups excluding carboxylic acids is 2. The Kier molecular flexibility index (Phi) is 8.61. The van der Waals surface area contributed by atoms with E-state index in [0.29, 0.717) is 37.3 Å². The number of carbonyl (C=O) groups is 2. The Bertz CT molecular complexity index is 1090. The summed E-state index contributed by atoms with van der Waals surface area (Å²) in [4.78, 5) is 52.9. The number of nitrogens with two attached hydrogens (primary N) is 1. The Hall–Kier alpha value is -4.14. The normalized spacial score (nSPS) is 13.8. The number of nitrogens with zero attached hydrogens (tertiary/aromatic N) is 4. The number of hydrogen-bond donors (Lipinski definition) is 1. The smallest absolute Gasteiger partial charge is 0.429 e. The fourth-order valence-electron chi connectivity index (χ4n) is 3.50. The predicted molar refractivity (Wildman–Crippen MR) is 119 cm³/mol. The molecule has 1 aliphatic heterocycles. The highest BCUT2D eigenvalue weighted by Crippen LogP contribution is 2.23. The molecule has 0 spiro atoms. The van der Waals surface area contributed by atoms with Crippen molar-refractivity contribution in [3.63, 3.8) is 0 Å². The largest absolute Gasteiger partial charge is 0.514 e. The molecule has 186 valence electrons. The summed E-state index contributed by atoms with van der Waals surface area (Å²) in [7, 11) is 0. The third kappa shape index (κ3) is 7.17. The van der Waals surface area contributed by atoms with E-state index in [1.54, 1.807) is 11.0 Å². The van der Waals surface area contributed by atoms with Crippen LogP contribution < -0.4 is 10.6 Å². The molecular formula is C21H23N5O9. The maximum Gasteiger partial charge on any atom is 0.514 e. The Morgan fingerprint density at radius 1 is 0.971 bits per heavy atom. The number of non-ortho nitro benzene ring substituents is 1. The number of nitro groups is 2. The van der Waals surface area contributed by atoms with Crippen LogP contribution in [-0.4, -0.2) is 64.5 Å². The first-order chi connectivity index (χ1) is 16.8. The van der Waals surface area contributed by atoms with Crippen LogP contribution in [0.25, 0.3) is 0 Å². The first-order valence-electron chi connectivity index (χ1n) is 10.4. The average molecular weight is 489 g/mol. The Balaban J connectivity index is 1.58. The molecule has 0 radical (unpaired) electrons. The van der Waals surface area contributed by atoms with Crippen molar-refractivity contribution in [1.29, 1.82) is 0 Å². The van der Waals surface area contributed by atoms with Gasteiger partial charge in [0, 0.05) is 56.5 Å². The van der Waals surface area contributed by atoms with Crippen molar-refractivity contribution in [2.75, 3.05) is 32.8 Å². The van der Waals surface area contributed by atoms with Crippen LogP contribution in [0.3, 0.4) is 0 Å². The second-order valence-electron chi connectivity index (χ2n) is 7.58. The predicted octanol–water partition coefficient (Wildman–Crippen LogP) is 1.75. The average Bonchev–Trinajstić information content (AvgIpc) is 2.83. The molecule has 3 rings (SSSR count). The van der Waals surface area contributed by atoms with Crippen LogP contribution in [0.4, 0.5) is 16.2 Å². The van der Waals surface area contributed by atoms with Gasteiger partial charge in [0.05, 0.1) is 9.85 Å². The summed E-state index contributed by atoms with van der Waals surface area (Å²) >= 11 is 0. The number of piperazine rings is 1. The maximum atomic E-state index is 12.0. The minimum atomic E-state index is -1.03. The molecule has 2 aromatic carbocycles. The van der Waals surface area contributed by atoms with Crippen LogP contribution >= 0.6 is 0 Å². The molecule has 0 atom stereocenters. The standard InChI is InChI=1S/C21H23N5O9/c22-34-14-20(27)24-9-7-23(8-10-24)12-16-11-15(1-6-19(16)26(31)32)13-33-21(28)35-18-4-2-17(3-5-18)25(29)30/h1-6,11H,7-10,12-14,22H2. The third-order valence-corrected chi connectivity index (χ3v) is 5.27. The zero-order valence-corrected chi connectivity index (χ0v) is 18.5. The number of benzene rings is 2. The van der Waals surface area contributed by atoms with Crippen LogP contribution in [0.2, 0.25) is 0 Å². The Morgan fingerprint density at radius 2 is 1.66 bits per heavy atom. The summed E-state index contributed by atoms with van der Waals surface area (Å²) < 4.78 is 10.1. The van der Waals surface area contributed by atoms with Crippen LogP contribution in [0.15, 0.2) is 42.5 Å². The van der Waals surface area contributed by atoms with Crippen molar-refractivity contribution < 1.29 is 33.7 Å². The van der Waals surface area contributed by atoms with E-state index >= 15 is 0 Å². The lowest BCUT2D eigenvalue weighted by Gasteiger charge is -2.34. The molecule has 0 saturated carbocycles. The SMILES string of the molecule is NOCC(=O)N1CCN(Cc2cc(COC(=O)Oc3ccc([N+](=O)[O-])cc3)ccc2[N+](=O)[O-])CC1. The number of rotatable bonds is 9. The van der Waals surface area contributed by atoms with Gasteiger partial charge in [0.1, 0.15) is 19.0 Å². The molecule has 14 heteroatoms. The van der Waals surface area contributed by atoms with Gasteiger partial charge in [-0.05, 0) is 29.8 Å². The fourth-order valence-corrected chi connectivity index (χ4v) is 3.50. The van der Waals surface area contributed by atoms with Crippen molar-refractivity contribution in [3.05, 3.63) is 73.8 Å². The fraction of sp³-hybridized carbons (Fsp3) is 0.333. The lowest BCUT2D eigenvalue weighted by Crippen LogP contribution is -2.49. The van der Waals surface area contributed by atoms with Crippen LogP contribution in [-0.2, 0) is 27.5 Å². The van der Waals surface area contributed by atoms with Gasteiger partial charge in [0.25, 0.3) is 17.3 Å². The van der Waals surface area contributed by atoms with E-state index in [2.05, 4.69) is 4.84 Å². The van der Waals surface area contributed by atoms with Gasteiger partial charge in [-0.2, -0.15) is 0 Å². The minimum absolute atomic E-state index is 0.0700. The molecule has 1 heterocycles. The number of amides is 1. The first kappa shape index (κ1) is 25.5. The lowest BCUT2D eigenvalue weighted by molar-refractivity contribution is -0.385. The van der Waals surface area contributed by atoms with Gasteiger partial charge < -0.3 is 14.4 Å². The van der Waals surface area contributed by atoms with Crippen LogP contribution in [0.1, 0.15) is 11.1 Å². The highest BCUT2D eigenvalue weighted by Gasteiger charge is 2.24. The zero-order chi connectivity index (χ0) is 25.4. The highest BCUT2D eigenvalue weighted by atomic mass is 16.7. The summed E-state index contributed by atoms with van der Waals surface area (Å²) in [5.74, 6) is 4.78. The second-order valence-corrected chi connectivity index (χ2v) is 7.58. The van der Waals surface area contributed by atoms with E-state index in [0.717, 1.165) is 0 Å². The van der Waals surface area contributed by atoms with Crippen molar-refractivity contribution in [1.82, 2.24) is 9.80 Å². The van der Waals surface area contributed by atoms with E-state index in [4.69, 9.17) is 15.4 Å². The monoisotopic (exact) mass is 489 g/mol. The van der Waals surface area contributed by atoms with Gasteiger partial charge in [-0.1, -0.05) is 0 Å². The molecule has 35 heavy (non-hydrogen) atoms. The summed E-state index contributed by atoms with van der Waals surface area (Å²) in [6.45, 7) is 1.76.